The Hall–Kier alpha value is -1.49. The molecule has 3 aliphatic carbocycles. The lowest BCUT2D eigenvalue weighted by molar-refractivity contribution is -0.287. The van der Waals surface area contributed by atoms with Gasteiger partial charge in [0.15, 0.2) is 6.61 Å². The molecular weight excluding hydrogens is 546 g/mol. The second kappa shape index (κ2) is 11.8. The Morgan fingerprint density at radius 1 is 0.692 bits per heavy atom. The Morgan fingerprint density at radius 2 is 1.08 bits per heavy atom. The predicted molar refractivity (Wildman–Crippen MR) is 136 cm³/mol. The summed E-state index contributed by atoms with van der Waals surface area (Å²) >= 11 is 0. The number of halogens is 6. The van der Waals surface area contributed by atoms with Crippen molar-refractivity contribution in [2.75, 3.05) is 6.61 Å². The number of alkyl halides is 6. The highest BCUT2D eigenvalue weighted by molar-refractivity contribution is 7.87. The van der Waals surface area contributed by atoms with E-state index in [1.54, 1.807) is 0 Å². The Kier molecular flexibility index (Phi) is 9.20. The van der Waals surface area contributed by atoms with Crippen LogP contribution >= 0.6 is 0 Å². The summed E-state index contributed by atoms with van der Waals surface area (Å²) in [5.41, 5.74) is 2.43. The van der Waals surface area contributed by atoms with Crippen LogP contribution in [0, 0.1) is 0 Å². The van der Waals surface area contributed by atoms with E-state index in [1.807, 2.05) is 12.1 Å². The molecule has 3 saturated carbocycles. The van der Waals surface area contributed by atoms with E-state index < -0.39 is 33.8 Å². The molecular formula is C28H38F6O4S. The quantitative estimate of drug-likeness (QED) is 0.232. The molecule has 4 nitrogen and oxygen atoms in total. The van der Waals surface area contributed by atoms with Crippen molar-refractivity contribution in [3.63, 3.8) is 0 Å². The molecule has 1 aromatic carbocycles. The highest BCUT2D eigenvalue weighted by Crippen LogP contribution is 2.51. The van der Waals surface area contributed by atoms with Gasteiger partial charge in [0.2, 0.25) is 0 Å². The minimum atomic E-state index is -6.81. The van der Waals surface area contributed by atoms with Crippen LogP contribution < -0.4 is 4.74 Å². The average Bonchev–Trinajstić information content (AvgIpc) is 2.92. The summed E-state index contributed by atoms with van der Waals surface area (Å²) in [6.07, 6.45) is 14.2. The van der Waals surface area contributed by atoms with Crippen LogP contribution in [-0.2, 0) is 10.1 Å². The highest BCUT2D eigenvalue weighted by Gasteiger charge is 2.77. The van der Waals surface area contributed by atoms with Crippen LogP contribution in [0.4, 0.5) is 26.3 Å². The largest absolute Gasteiger partial charge is 0.486 e. The van der Waals surface area contributed by atoms with Crippen molar-refractivity contribution < 1.29 is 44.0 Å². The minimum Gasteiger partial charge on any atom is -0.486 e. The first-order valence-electron chi connectivity index (χ1n) is 14.2. The normalized spacial score (nSPS) is 21.7. The maximum atomic E-state index is 14.7. The summed E-state index contributed by atoms with van der Waals surface area (Å²) in [5.74, 6) is -11.7. The van der Waals surface area contributed by atoms with Gasteiger partial charge < -0.3 is 4.74 Å². The van der Waals surface area contributed by atoms with Crippen LogP contribution in [0.3, 0.4) is 0 Å². The van der Waals surface area contributed by atoms with Crippen LogP contribution in [0.15, 0.2) is 12.1 Å². The molecule has 0 spiro atoms. The van der Waals surface area contributed by atoms with Gasteiger partial charge in [0.05, 0.1) is 0 Å². The highest BCUT2D eigenvalue weighted by atomic mass is 32.2. The molecule has 39 heavy (non-hydrogen) atoms. The molecule has 4 rings (SSSR count). The fourth-order valence-corrected chi connectivity index (χ4v) is 7.07. The van der Waals surface area contributed by atoms with Crippen LogP contribution in [0.1, 0.15) is 131 Å². The van der Waals surface area contributed by atoms with Gasteiger partial charge in [-0.3, -0.25) is 4.55 Å². The Bertz CT molecular complexity index is 1050. The first kappa shape index (κ1) is 30.5. The lowest BCUT2D eigenvalue weighted by Crippen LogP contribution is -2.59. The molecule has 1 N–H and O–H groups in total. The molecule has 222 valence electrons. The van der Waals surface area contributed by atoms with Gasteiger partial charge in [-0.25, -0.2) is 0 Å². The summed E-state index contributed by atoms with van der Waals surface area (Å²) in [5, 5.41) is -6.39. The Balaban J connectivity index is 1.76. The van der Waals surface area contributed by atoms with Crippen molar-refractivity contribution in [3.8, 4) is 5.75 Å². The van der Waals surface area contributed by atoms with Gasteiger partial charge >= 0.3 is 27.2 Å². The van der Waals surface area contributed by atoms with E-state index in [-0.39, 0.29) is 17.6 Å². The van der Waals surface area contributed by atoms with Crippen molar-refractivity contribution in [3.05, 3.63) is 28.8 Å². The lowest BCUT2D eigenvalue weighted by atomic mass is 9.75. The third-order valence-electron chi connectivity index (χ3n) is 8.88. The van der Waals surface area contributed by atoms with Crippen molar-refractivity contribution in [2.45, 2.75) is 131 Å². The standard InChI is InChI=1S/C28H38F6O4S/c29-26(30,27(31,32)28(33,34)39(35,36)37)18-38-25-23(20-12-6-2-7-13-20)16-22(19-10-4-1-5-11-19)17-24(25)21-14-8-3-9-15-21/h16-17,19-21H,1-15,18H2,(H,35,36,37). The van der Waals surface area contributed by atoms with Crippen molar-refractivity contribution in [1.29, 1.82) is 0 Å². The van der Waals surface area contributed by atoms with Crippen LogP contribution in [0.2, 0.25) is 0 Å². The monoisotopic (exact) mass is 584 g/mol. The molecule has 0 aliphatic heterocycles. The van der Waals surface area contributed by atoms with Crippen LogP contribution in [-0.4, -0.2) is 36.7 Å². The molecule has 0 aromatic heterocycles. The molecule has 11 heteroatoms. The zero-order valence-corrected chi connectivity index (χ0v) is 22.9. The van der Waals surface area contributed by atoms with E-state index in [0.29, 0.717) is 17.0 Å². The number of ether oxygens (including phenoxy) is 1. The fraction of sp³-hybridized carbons (Fsp3) is 0.786. The summed E-state index contributed by atoms with van der Waals surface area (Å²) in [7, 11) is -6.81. The Labute approximate surface area is 226 Å². The summed E-state index contributed by atoms with van der Waals surface area (Å²) in [4.78, 5) is 0. The Morgan fingerprint density at radius 3 is 1.46 bits per heavy atom. The maximum Gasteiger partial charge on any atom is 0.438 e. The van der Waals surface area contributed by atoms with Gasteiger partial charge in [0, 0.05) is 0 Å². The van der Waals surface area contributed by atoms with E-state index in [2.05, 4.69) is 0 Å². The summed E-state index contributed by atoms with van der Waals surface area (Å²) in [6, 6.07) is 3.91. The molecule has 0 atom stereocenters. The predicted octanol–water partition coefficient (Wildman–Crippen LogP) is 8.96. The second-order valence-corrected chi connectivity index (χ2v) is 13.1. The SMILES string of the molecule is O=S(=O)(O)C(F)(F)C(F)(F)C(F)(F)COc1c(C2CCCCC2)cc(C2CCCCC2)cc1C1CCCCC1. The molecule has 3 aliphatic rings. The summed E-state index contributed by atoms with van der Waals surface area (Å²) in [6.45, 7) is -2.15. The van der Waals surface area contributed by atoms with Crippen molar-refractivity contribution >= 4 is 10.1 Å². The fourth-order valence-electron chi connectivity index (χ4n) is 6.60. The third kappa shape index (κ3) is 6.23. The number of hydrogen-bond acceptors (Lipinski definition) is 3. The van der Waals surface area contributed by atoms with Gasteiger partial charge in [-0.1, -0.05) is 69.9 Å². The summed E-state index contributed by atoms with van der Waals surface area (Å²) < 4.78 is 121. The van der Waals surface area contributed by atoms with Crippen LogP contribution in [0.25, 0.3) is 0 Å². The van der Waals surface area contributed by atoms with Crippen LogP contribution in [0.5, 0.6) is 5.75 Å². The first-order chi connectivity index (χ1) is 18.3. The molecule has 0 saturated heterocycles. The van der Waals surface area contributed by atoms with Gasteiger partial charge in [0.1, 0.15) is 5.75 Å². The van der Waals surface area contributed by atoms with E-state index in [9.17, 15) is 34.8 Å². The van der Waals surface area contributed by atoms with Crippen molar-refractivity contribution in [1.82, 2.24) is 0 Å². The van der Waals surface area contributed by atoms with Gasteiger partial charge in [-0.2, -0.15) is 34.8 Å². The average molecular weight is 585 g/mol. The minimum absolute atomic E-state index is 0.0342. The number of rotatable bonds is 9. The van der Waals surface area contributed by atoms with Gasteiger partial charge in [0.25, 0.3) is 0 Å². The lowest BCUT2D eigenvalue weighted by Gasteiger charge is -2.34. The van der Waals surface area contributed by atoms with E-state index in [0.717, 1.165) is 102 Å². The zero-order valence-electron chi connectivity index (χ0n) is 22.0. The first-order valence-corrected chi connectivity index (χ1v) is 15.6. The number of hydrogen-bond donors (Lipinski definition) is 1. The smallest absolute Gasteiger partial charge is 0.438 e. The molecule has 1 aromatic rings. The molecule has 0 unspecified atom stereocenters. The molecule has 3 fully saturated rings. The molecule has 0 radical (unpaired) electrons. The zero-order chi connectivity index (χ0) is 28.5. The molecule has 0 amide bonds. The second-order valence-electron chi connectivity index (χ2n) is 11.6. The van der Waals surface area contributed by atoms with E-state index in [1.165, 1.54) is 0 Å². The number of benzene rings is 1. The van der Waals surface area contributed by atoms with Gasteiger partial charge in [-0.05, 0) is 73.0 Å². The van der Waals surface area contributed by atoms with E-state index >= 15 is 0 Å². The molecule has 0 bridgehead atoms. The van der Waals surface area contributed by atoms with Gasteiger partial charge in [-0.15, -0.1) is 0 Å². The van der Waals surface area contributed by atoms with Crippen molar-refractivity contribution in [2.24, 2.45) is 0 Å². The topological polar surface area (TPSA) is 63.6 Å². The maximum absolute atomic E-state index is 14.7. The van der Waals surface area contributed by atoms with E-state index in [4.69, 9.17) is 9.29 Å². The third-order valence-corrected chi connectivity index (χ3v) is 9.79. The molecule has 0 heterocycles.